The van der Waals surface area contributed by atoms with Crippen molar-refractivity contribution in [3.63, 3.8) is 0 Å². The fourth-order valence-electron chi connectivity index (χ4n) is 4.01. The van der Waals surface area contributed by atoms with Crippen LogP contribution in [0, 0.1) is 23.7 Å². The third-order valence-corrected chi connectivity index (χ3v) is 5.13. The molecule has 1 N–H and O–H groups in total. The molecule has 0 spiro atoms. The molecule has 2 rings (SSSR count). The van der Waals surface area contributed by atoms with Crippen LogP contribution in [0.2, 0.25) is 0 Å². The summed E-state index contributed by atoms with van der Waals surface area (Å²) in [6, 6.07) is 0. The number of hydrogen-bond donors (Lipinski definition) is 1. The molecule has 2 aliphatic rings. The molecule has 0 aliphatic heterocycles. The molecule has 2 aliphatic carbocycles. The van der Waals surface area contributed by atoms with Crippen molar-refractivity contribution in [1.29, 1.82) is 0 Å². The molecule has 0 saturated heterocycles. The van der Waals surface area contributed by atoms with E-state index in [0.717, 1.165) is 24.2 Å². The van der Waals surface area contributed by atoms with Crippen molar-refractivity contribution in [1.82, 2.24) is 0 Å². The van der Waals surface area contributed by atoms with Crippen molar-refractivity contribution in [2.75, 3.05) is 0 Å². The number of aliphatic hydroxyl groups is 1. The maximum Gasteiger partial charge on any atom is 0.0571 e. The summed E-state index contributed by atoms with van der Waals surface area (Å²) in [7, 11) is 0. The van der Waals surface area contributed by atoms with Crippen LogP contribution in [0.25, 0.3) is 0 Å². The van der Waals surface area contributed by atoms with E-state index in [1.807, 2.05) is 0 Å². The summed E-state index contributed by atoms with van der Waals surface area (Å²) in [5.41, 5.74) is 0. The predicted octanol–water partition coefficient (Wildman–Crippen LogP) is 4.00. The first kappa shape index (κ1) is 12.4. The largest absolute Gasteiger partial charge is 0.393 e. The van der Waals surface area contributed by atoms with Crippen molar-refractivity contribution in [2.24, 2.45) is 23.7 Å². The minimum Gasteiger partial charge on any atom is -0.393 e. The van der Waals surface area contributed by atoms with Gasteiger partial charge in [0.25, 0.3) is 0 Å². The van der Waals surface area contributed by atoms with Crippen LogP contribution in [0.1, 0.15) is 65.2 Å². The molecule has 5 unspecified atom stereocenters. The number of rotatable bonds is 2. The fraction of sp³-hybridized carbons (Fsp3) is 1.00. The van der Waals surface area contributed by atoms with Crippen LogP contribution in [-0.2, 0) is 0 Å². The molecule has 5 atom stereocenters. The number of aliphatic hydroxyl groups excluding tert-OH is 1. The molecule has 0 amide bonds. The normalized spacial score (nSPS) is 45.6. The van der Waals surface area contributed by atoms with Gasteiger partial charge in [-0.3, -0.25) is 0 Å². The molecule has 0 aromatic rings. The highest BCUT2D eigenvalue weighted by molar-refractivity contribution is 4.86. The van der Waals surface area contributed by atoms with E-state index in [1.165, 1.54) is 44.9 Å². The molecule has 0 aromatic carbocycles. The molecule has 2 saturated carbocycles. The van der Waals surface area contributed by atoms with Crippen molar-refractivity contribution in [2.45, 2.75) is 71.3 Å². The van der Waals surface area contributed by atoms with Crippen molar-refractivity contribution < 1.29 is 5.11 Å². The van der Waals surface area contributed by atoms with Gasteiger partial charge >= 0.3 is 0 Å². The summed E-state index contributed by atoms with van der Waals surface area (Å²) in [5.74, 6) is 3.24. The maximum atomic E-state index is 10.2. The van der Waals surface area contributed by atoms with E-state index < -0.39 is 0 Å². The molecule has 1 nitrogen and oxygen atoms in total. The average Bonchev–Trinajstić information content (AvgIpc) is 2.32. The Morgan fingerprint density at radius 1 is 1.06 bits per heavy atom. The van der Waals surface area contributed by atoms with Crippen LogP contribution in [0.4, 0.5) is 0 Å². The lowest BCUT2D eigenvalue weighted by Crippen LogP contribution is -2.36. The molecule has 1 heteroatoms. The maximum absolute atomic E-state index is 10.2. The predicted molar refractivity (Wildman–Crippen MR) is 68.3 cm³/mol. The summed E-state index contributed by atoms with van der Waals surface area (Å²) in [6.45, 7) is 4.69. The lowest BCUT2D eigenvalue weighted by Gasteiger charge is -2.40. The van der Waals surface area contributed by atoms with Gasteiger partial charge in [-0.15, -0.1) is 0 Å². The van der Waals surface area contributed by atoms with Crippen LogP contribution in [-0.4, -0.2) is 11.2 Å². The fourth-order valence-corrected chi connectivity index (χ4v) is 4.01. The molecule has 0 aromatic heterocycles. The highest BCUT2D eigenvalue weighted by Crippen LogP contribution is 2.42. The highest BCUT2D eigenvalue weighted by atomic mass is 16.3. The van der Waals surface area contributed by atoms with Crippen LogP contribution >= 0.6 is 0 Å². The Morgan fingerprint density at radius 3 is 2.62 bits per heavy atom. The highest BCUT2D eigenvalue weighted by Gasteiger charge is 2.35. The summed E-state index contributed by atoms with van der Waals surface area (Å²) in [4.78, 5) is 0. The summed E-state index contributed by atoms with van der Waals surface area (Å²) >= 11 is 0. The molecule has 0 radical (unpaired) electrons. The molecular weight excluding hydrogens is 196 g/mol. The average molecular weight is 224 g/mol. The third-order valence-electron chi connectivity index (χ3n) is 5.13. The second-order valence-corrected chi connectivity index (χ2v) is 6.35. The molecule has 16 heavy (non-hydrogen) atoms. The van der Waals surface area contributed by atoms with Crippen LogP contribution < -0.4 is 0 Å². The minimum absolute atomic E-state index is 0.0109. The first-order chi connectivity index (χ1) is 7.70. The Labute approximate surface area is 101 Å². The second kappa shape index (κ2) is 5.53. The second-order valence-electron chi connectivity index (χ2n) is 6.35. The summed E-state index contributed by atoms with van der Waals surface area (Å²) in [5, 5.41) is 10.2. The van der Waals surface area contributed by atoms with Gasteiger partial charge < -0.3 is 5.11 Å². The van der Waals surface area contributed by atoms with E-state index in [4.69, 9.17) is 0 Å². The molecule has 94 valence electrons. The van der Waals surface area contributed by atoms with Crippen molar-refractivity contribution >= 4 is 0 Å². The van der Waals surface area contributed by atoms with E-state index in [9.17, 15) is 5.11 Å². The van der Waals surface area contributed by atoms with Gasteiger partial charge in [0.2, 0.25) is 0 Å². The Kier molecular flexibility index (Phi) is 4.29. The van der Waals surface area contributed by atoms with Crippen molar-refractivity contribution in [3.05, 3.63) is 0 Å². The first-order valence-corrected chi connectivity index (χ1v) is 7.38. The third kappa shape index (κ3) is 2.80. The Balaban J connectivity index is 1.94. The molecule has 0 bridgehead atoms. The van der Waals surface area contributed by atoms with E-state index >= 15 is 0 Å². The Bertz CT molecular complexity index is 213. The Hall–Kier alpha value is -0.0400. The van der Waals surface area contributed by atoms with Gasteiger partial charge in [-0.05, 0) is 49.4 Å². The summed E-state index contributed by atoms with van der Waals surface area (Å²) in [6.07, 6.45) is 10.5. The quantitative estimate of drug-likeness (QED) is 0.751. The molecular formula is C15H28O. The van der Waals surface area contributed by atoms with E-state index in [1.54, 1.807) is 0 Å². The molecule has 2 fully saturated rings. The van der Waals surface area contributed by atoms with Crippen LogP contribution in [0.5, 0.6) is 0 Å². The SMILES string of the molecule is CCC1CCCC(C2CC(C)CCC2O)C1. The lowest BCUT2D eigenvalue weighted by molar-refractivity contribution is 0.00281. The van der Waals surface area contributed by atoms with Gasteiger partial charge in [0.1, 0.15) is 0 Å². The van der Waals surface area contributed by atoms with Gasteiger partial charge in [-0.2, -0.15) is 0 Å². The van der Waals surface area contributed by atoms with Crippen LogP contribution in [0.15, 0.2) is 0 Å². The number of hydrogen-bond acceptors (Lipinski definition) is 1. The van der Waals surface area contributed by atoms with Crippen LogP contribution in [0.3, 0.4) is 0 Å². The first-order valence-electron chi connectivity index (χ1n) is 7.38. The smallest absolute Gasteiger partial charge is 0.0571 e. The monoisotopic (exact) mass is 224 g/mol. The van der Waals surface area contributed by atoms with Gasteiger partial charge in [-0.25, -0.2) is 0 Å². The molecule has 0 heterocycles. The van der Waals surface area contributed by atoms with Gasteiger partial charge in [0.15, 0.2) is 0 Å². The lowest BCUT2D eigenvalue weighted by atomic mass is 9.67. The Morgan fingerprint density at radius 2 is 1.88 bits per heavy atom. The van der Waals surface area contributed by atoms with Gasteiger partial charge in [0.05, 0.1) is 6.10 Å². The standard InChI is InChI=1S/C15H28O/c1-3-12-5-4-6-13(10-12)14-9-11(2)7-8-15(14)16/h11-16H,3-10H2,1-2H3. The van der Waals surface area contributed by atoms with E-state index in [0.29, 0.717) is 5.92 Å². The minimum atomic E-state index is 0.0109. The van der Waals surface area contributed by atoms with Crippen molar-refractivity contribution in [3.8, 4) is 0 Å². The zero-order valence-corrected chi connectivity index (χ0v) is 11.0. The zero-order chi connectivity index (χ0) is 11.5. The zero-order valence-electron chi connectivity index (χ0n) is 11.0. The topological polar surface area (TPSA) is 20.2 Å². The van der Waals surface area contributed by atoms with Gasteiger partial charge in [-0.1, -0.05) is 39.5 Å². The van der Waals surface area contributed by atoms with Gasteiger partial charge in [0, 0.05) is 0 Å². The van der Waals surface area contributed by atoms with E-state index in [-0.39, 0.29) is 6.10 Å². The summed E-state index contributed by atoms with van der Waals surface area (Å²) < 4.78 is 0. The van der Waals surface area contributed by atoms with E-state index in [2.05, 4.69) is 13.8 Å².